The highest BCUT2D eigenvalue weighted by atomic mass is 79.9. The number of sulfonamides is 1. The molecule has 1 amide bonds. The van der Waals surface area contributed by atoms with Gasteiger partial charge in [0.15, 0.2) is 0 Å². The maximum absolute atomic E-state index is 13.1. The number of nitrogens with zero attached hydrogens (tertiary/aromatic N) is 3. The van der Waals surface area contributed by atoms with Gasteiger partial charge in [-0.1, -0.05) is 0 Å². The highest BCUT2D eigenvalue weighted by Crippen LogP contribution is 2.24. The minimum atomic E-state index is -3.76. The fourth-order valence-corrected chi connectivity index (χ4v) is 5.14. The minimum Gasteiger partial charge on any atom is -0.350 e. The summed E-state index contributed by atoms with van der Waals surface area (Å²) in [4.78, 5) is 12.6. The molecule has 0 saturated carbocycles. The Kier molecular flexibility index (Phi) is 6.51. The normalized spacial score (nSPS) is 18.2. The van der Waals surface area contributed by atoms with E-state index >= 15 is 0 Å². The van der Waals surface area contributed by atoms with E-state index < -0.39 is 21.8 Å². The molecule has 7 nitrogen and oxygen atoms in total. The summed E-state index contributed by atoms with van der Waals surface area (Å²) in [6.45, 7) is 3.42. The van der Waals surface area contributed by atoms with Crippen LogP contribution in [0.25, 0.3) is 0 Å². The van der Waals surface area contributed by atoms with Crippen LogP contribution in [0, 0.1) is 11.7 Å². The lowest BCUT2D eigenvalue weighted by Gasteiger charge is -2.31. The number of carbonyl (C=O) groups excluding carboxylic acids is 1. The number of carbonyl (C=O) groups is 1. The van der Waals surface area contributed by atoms with Gasteiger partial charge in [0.2, 0.25) is 15.9 Å². The number of piperidine rings is 1. The Morgan fingerprint density at radius 3 is 2.71 bits per heavy atom. The standard InChI is InChI=1S/C18H22BrFN4O3S/c1-2-23-12-16(19)17(22-23)10-21-18(25)13-4-3-9-24(11-13)28(26,27)15-7-5-14(20)6-8-15/h5-8,12-13H,2-4,9-11H2,1H3,(H,21,25)/t13-/m0/s1. The monoisotopic (exact) mass is 472 g/mol. The number of aryl methyl sites for hydroxylation is 1. The van der Waals surface area contributed by atoms with E-state index in [-0.39, 0.29) is 23.9 Å². The molecule has 0 radical (unpaired) electrons. The van der Waals surface area contributed by atoms with Crippen LogP contribution in [-0.2, 0) is 27.9 Å². The molecule has 3 rings (SSSR count). The Morgan fingerprint density at radius 1 is 1.36 bits per heavy atom. The van der Waals surface area contributed by atoms with E-state index in [1.54, 1.807) is 4.68 Å². The van der Waals surface area contributed by atoms with Gasteiger partial charge in [-0.2, -0.15) is 9.40 Å². The third kappa shape index (κ3) is 4.61. The van der Waals surface area contributed by atoms with Gasteiger partial charge in [-0.25, -0.2) is 12.8 Å². The number of benzene rings is 1. The summed E-state index contributed by atoms with van der Waals surface area (Å²) >= 11 is 3.42. The third-order valence-electron chi connectivity index (χ3n) is 4.75. The van der Waals surface area contributed by atoms with Gasteiger partial charge < -0.3 is 5.32 Å². The molecule has 0 spiro atoms. The Balaban J connectivity index is 1.64. The zero-order chi connectivity index (χ0) is 20.3. The first-order valence-corrected chi connectivity index (χ1v) is 11.3. The number of amides is 1. The van der Waals surface area contributed by atoms with Gasteiger partial charge in [0.1, 0.15) is 5.82 Å². The molecular formula is C18H22BrFN4O3S. The van der Waals surface area contributed by atoms with Gasteiger partial charge >= 0.3 is 0 Å². The van der Waals surface area contributed by atoms with E-state index in [0.29, 0.717) is 19.4 Å². The lowest BCUT2D eigenvalue weighted by atomic mass is 9.99. The van der Waals surface area contributed by atoms with E-state index in [1.165, 1.54) is 16.4 Å². The summed E-state index contributed by atoms with van der Waals surface area (Å²) in [5.41, 5.74) is 0.724. The van der Waals surface area contributed by atoms with E-state index in [0.717, 1.165) is 28.8 Å². The van der Waals surface area contributed by atoms with E-state index in [4.69, 9.17) is 0 Å². The van der Waals surface area contributed by atoms with Crippen molar-refractivity contribution < 1.29 is 17.6 Å². The SMILES string of the molecule is CCn1cc(Br)c(CNC(=O)[C@H]2CCCN(S(=O)(=O)c3ccc(F)cc3)C2)n1. The van der Waals surface area contributed by atoms with Crippen molar-refractivity contribution >= 4 is 31.9 Å². The molecule has 1 fully saturated rings. The lowest BCUT2D eigenvalue weighted by molar-refractivity contribution is -0.126. The van der Waals surface area contributed by atoms with Crippen molar-refractivity contribution in [2.75, 3.05) is 13.1 Å². The molecular weight excluding hydrogens is 451 g/mol. The molecule has 10 heteroatoms. The van der Waals surface area contributed by atoms with Crippen LogP contribution in [0.1, 0.15) is 25.5 Å². The minimum absolute atomic E-state index is 0.0315. The van der Waals surface area contributed by atoms with Gasteiger partial charge in [-0.3, -0.25) is 9.48 Å². The lowest BCUT2D eigenvalue weighted by Crippen LogP contribution is -2.45. The molecule has 0 unspecified atom stereocenters. The smallest absolute Gasteiger partial charge is 0.243 e. The molecule has 1 aromatic heterocycles. The van der Waals surface area contributed by atoms with E-state index in [9.17, 15) is 17.6 Å². The quantitative estimate of drug-likeness (QED) is 0.699. The van der Waals surface area contributed by atoms with Crippen LogP contribution in [-0.4, -0.2) is 41.5 Å². The van der Waals surface area contributed by atoms with Crippen molar-refractivity contribution in [3.05, 3.63) is 46.4 Å². The number of hydrogen-bond donors (Lipinski definition) is 1. The van der Waals surface area contributed by atoms with Crippen LogP contribution in [0.5, 0.6) is 0 Å². The third-order valence-corrected chi connectivity index (χ3v) is 7.29. The van der Waals surface area contributed by atoms with Crippen molar-refractivity contribution in [3.63, 3.8) is 0 Å². The van der Waals surface area contributed by atoms with Crippen LogP contribution in [0.2, 0.25) is 0 Å². The Morgan fingerprint density at radius 2 is 2.07 bits per heavy atom. The molecule has 0 bridgehead atoms. The summed E-state index contributed by atoms with van der Waals surface area (Å²) in [5, 5.41) is 7.21. The highest BCUT2D eigenvalue weighted by Gasteiger charge is 2.33. The zero-order valence-corrected chi connectivity index (χ0v) is 17.8. The maximum Gasteiger partial charge on any atom is 0.243 e. The summed E-state index contributed by atoms with van der Waals surface area (Å²) in [6, 6.07) is 4.73. The molecule has 1 aromatic carbocycles. The second kappa shape index (κ2) is 8.71. The molecule has 28 heavy (non-hydrogen) atoms. The van der Waals surface area contributed by atoms with Crippen LogP contribution in [0.15, 0.2) is 39.8 Å². The average molecular weight is 473 g/mol. The maximum atomic E-state index is 13.1. The van der Waals surface area contributed by atoms with Gasteiger partial charge in [0.05, 0.1) is 27.5 Å². The van der Waals surface area contributed by atoms with Crippen LogP contribution in [0.4, 0.5) is 4.39 Å². The number of aromatic nitrogens is 2. The highest BCUT2D eigenvalue weighted by molar-refractivity contribution is 9.10. The first-order valence-electron chi connectivity index (χ1n) is 9.06. The van der Waals surface area contributed by atoms with Crippen molar-refractivity contribution in [3.8, 4) is 0 Å². The topological polar surface area (TPSA) is 84.3 Å². The first kappa shape index (κ1) is 20.9. The van der Waals surface area contributed by atoms with Crippen molar-refractivity contribution in [1.29, 1.82) is 0 Å². The Hall–Kier alpha value is -1.78. The predicted octanol–water partition coefficient (Wildman–Crippen LogP) is 2.52. The second-order valence-corrected chi connectivity index (χ2v) is 9.45. The molecule has 1 saturated heterocycles. The molecule has 2 aromatic rings. The largest absolute Gasteiger partial charge is 0.350 e. The van der Waals surface area contributed by atoms with Gasteiger partial charge in [-0.05, 0) is 60.0 Å². The molecule has 1 N–H and O–H groups in total. The fourth-order valence-electron chi connectivity index (χ4n) is 3.16. The summed E-state index contributed by atoms with van der Waals surface area (Å²) in [7, 11) is -3.76. The summed E-state index contributed by atoms with van der Waals surface area (Å²) in [5.74, 6) is -1.13. The summed E-state index contributed by atoms with van der Waals surface area (Å²) < 4.78 is 42.5. The molecule has 1 aliphatic heterocycles. The fraction of sp³-hybridized carbons (Fsp3) is 0.444. The van der Waals surface area contributed by atoms with Crippen molar-refractivity contribution in [2.45, 2.75) is 37.8 Å². The molecule has 0 aliphatic carbocycles. The summed E-state index contributed by atoms with van der Waals surface area (Å²) in [6.07, 6.45) is 3.05. The molecule has 1 atom stereocenters. The number of rotatable bonds is 6. The van der Waals surface area contributed by atoms with Crippen LogP contribution in [0.3, 0.4) is 0 Å². The number of halogens is 2. The first-order chi connectivity index (χ1) is 13.3. The second-order valence-electron chi connectivity index (χ2n) is 6.65. The number of nitrogens with one attached hydrogen (secondary N) is 1. The van der Waals surface area contributed by atoms with Gasteiger partial charge in [0.25, 0.3) is 0 Å². The van der Waals surface area contributed by atoms with Gasteiger partial charge in [-0.15, -0.1) is 0 Å². The average Bonchev–Trinajstić information content (AvgIpc) is 3.06. The predicted molar refractivity (Wildman–Crippen MR) is 105 cm³/mol. The van der Waals surface area contributed by atoms with Crippen molar-refractivity contribution in [1.82, 2.24) is 19.4 Å². The zero-order valence-electron chi connectivity index (χ0n) is 15.4. The molecule has 2 heterocycles. The van der Waals surface area contributed by atoms with Gasteiger partial charge in [0, 0.05) is 25.8 Å². The van der Waals surface area contributed by atoms with Crippen molar-refractivity contribution in [2.24, 2.45) is 5.92 Å². The van der Waals surface area contributed by atoms with Crippen LogP contribution >= 0.6 is 15.9 Å². The Labute approximate surface area is 172 Å². The molecule has 1 aliphatic rings. The van der Waals surface area contributed by atoms with E-state index in [2.05, 4.69) is 26.3 Å². The Bertz CT molecular complexity index is 946. The number of hydrogen-bond acceptors (Lipinski definition) is 4. The van der Waals surface area contributed by atoms with Crippen LogP contribution < -0.4 is 5.32 Å². The van der Waals surface area contributed by atoms with E-state index in [1.807, 2.05) is 13.1 Å². The molecule has 152 valence electrons.